The molecule has 5 heteroatoms. The molecule has 5 nitrogen and oxygen atoms in total. The first-order valence-corrected chi connectivity index (χ1v) is 9.68. The van der Waals surface area contributed by atoms with Gasteiger partial charge in [0.2, 0.25) is 11.8 Å². The van der Waals surface area contributed by atoms with Crippen molar-refractivity contribution in [2.75, 3.05) is 24.7 Å². The summed E-state index contributed by atoms with van der Waals surface area (Å²) in [7, 11) is 1.58. The Morgan fingerprint density at radius 1 is 0.875 bits per heavy atom. The van der Waals surface area contributed by atoms with Crippen LogP contribution in [-0.2, 0) is 0 Å². The van der Waals surface area contributed by atoms with Gasteiger partial charge in [-0.25, -0.2) is 0 Å². The van der Waals surface area contributed by atoms with Crippen LogP contribution in [0.1, 0.15) is 84.0 Å². The Balaban J connectivity index is 1.91. The van der Waals surface area contributed by atoms with Gasteiger partial charge < -0.3 is 15.8 Å². The van der Waals surface area contributed by atoms with Crippen molar-refractivity contribution in [3.8, 4) is 5.88 Å². The van der Waals surface area contributed by atoms with Crippen LogP contribution in [0.25, 0.3) is 0 Å². The Hall–Kier alpha value is -1.52. The molecular weight excluding hydrogens is 300 g/mol. The quantitative estimate of drug-likeness (QED) is 0.432. The van der Waals surface area contributed by atoms with Gasteiger partial charge in [0.25, 0.3) is 0 Å². The maximum Gasteiger partial charge on any atom is 0.225 e. The van der Waals surface area contributed by atoms with Gasteiger partial charge in [-0.1, -0.05) is 77.6 Å². The fraction of sp³-hybridized carbons (Fsp3) is 0.789. The fourth-order valence-corrected chi connectivity index (χ4v) is 2.82. The van der Waals surface area contributed by atoms with Crippen LogP contribution >= 0.6 is 0 Å². The predicted molar refractivity (Wildman–Crippen MR) is 103 cm³/mol. The van der Waals surface area contributed by atoms with E-state index in [9.17, 15) is 0 Å². The molecule has 1 heterocycles. The minimum atomic E-state index is 0.242. The number of methoxy groups -OCH3 is 1. The van der Waals surface area contributed by atoms with Crippen LogP contribution in [-0.4, -0.2) is 23.6 Å². The number of nitrogen functional groups attached to an aromatic ring is 1. The van der Waals surface area contributed by atoms with Crippen molar-refractivity contribution in [1.82, 2.24) is 9.97 Å². The van der Waals surface area contributed by atoms with E-state index in [0.29, 0.717) is 5.88 Å². The zero-order chi connectivity index (χ0) is 17.5. The molecule has 0 aliphatic rings. The number of unbranched alkanes of at least 4 members (excludes halogenated alkanes) is 11. The Labute approximate surface area is 147 Å². The first kappa shape index (κ1) is 20.5. The highest BCUT2D eigenvalue weighted by molar-refractivity contribution is 5.42. The molecule has 0 aliphatic carbocycles. The van der Waals surface area contributed by atoms with E-state index < -0.39 is 0 Å². The van der Waals surface area contributed by atoms with Gasteiger partial charge in [0.1, 0.15) is 5.82 Å². The highest BCUT2D eigenvalue weighted by Crippen LogP contribution is 2.15. The Morgan fingerprint density at radius 2 is 1.42 bits per heavy atom. The zero-order valence-electron chi connectivity index (χ0n) is 15.6. The molecule has 0 saturated carbocycles. The van der Waals surface area contributed by atoms with Crippen molar-refractivity contribution in [3.05, 3.63) is 6.07 Å². The van der Waals surface area contributed by atoms with Crippen LogP contribution in [0.2, 0.25) is 0 Å². The van der Waals surface area contributed by atoms with Gasteiger partial charge in [0.15, 0.2) is 0 Å². The SMILES string of the molecule is CCCCCCCCCCCCCCNc1cc(OC)nc(N)n1. The van der Waals surface area contributed by atoms with E-state index in [-0.39, 0.29) is 5.95 Å². The van der Waals surface area contributed by atoms with Crippen LogP contribution in [0.5, 0.6) is 5.88 Å². The number of nitrogens with zero attached hydrogens (tertiary/aromatic N) is 2. The molecule has 0 atom stereocenters. The van der Waals surface area contributed by atoms with Gasteiger partial charge in [-0.2, -0.15) is 9.97 Å². The topological polar surface area (TPSA) is 73.1 Å². The van der Waals surface area contributed by atoms with E-state index in [4.69, 9.17) is 10.5 Å². The average molecular weight is 337 g/mol. The summed E-state index contributed by atoms with van der Waals surface area (Å²) in [6.07, 6.45) is 16.4. The molecule has 0 bridgehead atoms. The van der Waals surface area contributed by atoms with Crippen LogP contribution in [0.3, 0.4) is 0 Å². The van der Waals surface area contributed by atoms with Crippen molar-refractivity contribution in [3.63, 3.8) is 0 Å². The lowest BCUT2D eigenvalue weighted by Crippen LogP contribution is -2.06. The molecule has 1 rings (SSSR count). The summed E-state index contributed by atoms with van der Waals surface area (Å²) in [4.78, 5) is 8.12. The molecule has 0 saturated heterocycles. The molecule has 0 aliphatic heterocycles. The van der Waals surface area contributed by atoms with E-state index in [0.717, 1.165) is 18.8 Å². The number of hydrogen-bond acceptors (Lipinski definition) is 5. The van der Waals surface area contributed by atoms with Crippen LogP contribution < -0.4 is 15.8 Å². The Morgan fingerprint density at radius 3 is 1.96 bits per heavy atom. The van der Waals surface area contributed by atoms with Crippen molar-refractivity contribution in [2.24, 2.45) is 0 Å². The van der Waals surface area contributed by atoms with E-state index in [1.54, 1.807) is 13.2 Å². The van der Waals surface area contributed by atoms with Gasteiger partial charge >= 0.3 is 0 Å². The molecule has 0 aromatic carbocycles. The minimum Gasteiger partial charge on any atom is -0.481 e. The standard InChI is InChI=1S/C19H36N4O/c1-3-4-5-6-7-8-9-10-11-12-13-14-15-21-17-16-18(24-2)23-19(20)22-17/h16H,3-15H2,1-2H3,(H3,20,21,22,23). The predicted octanol–water partition coefficient (Wildman–Crippen LogP) is 5.18. The van der Waals surface area contributed by atoms with Gasteiger partial charge in [-0.3, -0.25) is 0 Å². The molecule has 1 aromatic heterocycles. The highest BCUT2D eigenvalue weighted by Gasteiger charge is 2.01. The minimum absolute atomic E-state index is 0.242. The van der Waals surface area contributed by atoms with Gasteiger partial charge in [-0.05, 0) is 6.42 Å². The molecular formula is C19H36N4O. The molecule has 0 amide bonds. The lowest BCUT2D eigenvalue weighted by atomic mass is 10.1. The lowest BCUT2D eigenvalue weighted by molar-refractivity contribution is 0.398. The third-order valence-electron chi connectivity index (χ3n) is 4.27. The fourth-order valence-electron chi connectivity index (χ4n) is 2.82. The van der Waals surface area contributed by atoms with E-state index >= 15 is 0 Å². The third kappa shape index (κ3) is 10.3. The molecule has 24 heavy (non-hydrogen) atoms. The van der Waals surface area contributed by atoms with Crippen molar-refractivity contribution >= 4 is 11.8 Å². The number of aromatic nitrogens is 2. The molecule has 0 radical (unpaired) electrons. The summed E-state index contributed by atoms with van der Waals surface area (Å²) in [5.74, 6) is 1.48. The lowest BCUT2D eigenvalue weighted by Gasteiger charge is -2.07. The van der Waals surface area contributed by atoms with Crippen molar-refractivity contribution < 1.29 is 4.74 Å². The molecule has 0 spiro atoms. The second kappa shape index (κ2) is 13.9. The zero-order valence-corrected chi connectivity index (χ0v) is 15.6. The number of nitrogens with one attached hydrogen (secondary N) is 1. The number of nitrogens with two attached hydrogens (primary N) is 1. The summed E-state index contributed by atoms with van der Waals surface area (Å²) in [5.41, 5.74) is 5.64. The molecule has 0 unspecified atom stereocenters. The summed E-state index contributed by atoms with van der Waals surface area (Å²) in [6.45, 7) is 3.19. The largest absolute Gasteiger partial charge is 0.481 e. The van der Waals surface area contributed by atoms with Crippen molar-refractivity contribution in [1.29, 1.82) is 0 Å². The number of anilines is 2. The first-order chi connectivity index (χ1) is 11.8. The smallest absolute Gasteiger partial charge is 0.225 e. The normalized spacial score (nSPS) is 10.8. The van der Waals surface area contributed by atoms with Gasteiger partial charge in [0, 0.05) is 12.6 Å². The average Bonchev–Trinajstić information content (AvgIpc) is 2.58. The van der Waals surface area contributed by atoms with E-state index in [1.807, 2.05) is 0 Å². The van der Waals surface area contributed by atoms with Crippen LogP contribution in [0.15, 0.2) is 6.07 Å². The molecule has 1 aromatic rings. The van der Waals surface area contributed by atoms with Gasteiger partial charge in [0.05, 0.1) is 7.11 Å². The Kier molecular flexibility index (Phi) is 11.9. The maximum atomic E-state index is 5.64. The summed E-state index contributed by atoms with van der Waals surface area (Å²) in [6, 6.07) is 1.77. The molecule has 138 valence electrons. The molecule has 0 fully saturated rings. The molecule has 3 N–H and O–H groups in total. The second-order valence-corrected chi connectivity index (χ2v) is 6.47. The second-order valence-electron chi connectivity index (χ2n) is 6.47. The summed E-state index contributed by atoms with van der Waals surface area (Å²) >= 11 is 0. The van der Waals surface area contributed by atoms with Crippen molar-refractivity contribution in [2.45, 2.75) is 84.0 Å². The van der Waals surface area contributed by atoms with Crippen LogP contribution in [0, 0.1) is 0 Å². The number of hydrogen-bond donors (Lipinski definition) is 2. The number of rotatable bonds is 15. The Bertz CT molecular complexity index is 426. The maximum absolute atomic E-state index is 5.64. The first-order valence-electron chi connectivity index (χ1n) is 9.68. The van der Waals surface area contributed by atoms with E-state index in [2.05, 4.69) is 22.2 Å². The van der Waals surface area contributed by atoms with Gasteiger partial charge in [-0.15, -0.1) is 0 Å². The van der Waals surface area contributed by atoms with E-state index in [1.165, 1.54) is 70.6 Å². The monoisotopic (exact) mass is 336 g/mol. The van der Waals surface area contributed by atoms with Crippen LogP contribution in [0.4, 0.5) is 11.8 Å². The highest BCUT2D eigenvalue weighted by atomic mass is 16.5. The summed E-state index contributed by atoms with van der Waals surface area (Å²) < 4.78 is 5.08. The third-order valence-corrected chi connectivity index (χ3v) is 4.27. The number of ether oxygens (including phenoxy) is 1. The summed E-state index contributed by atoms with van der Waals surface area (Å²) in [5, 5.41) is 3.28.